The molecule has 0 aliphatic rings. The van der Waals surface area contributed by atoms with Gasteiger partial charge in [0.25, 0.3) is 5.91 Å². The van der Waals surface area contributed by atoms with E-state index in [0.717, 1.165) is 16.7 Å². The first-order valence-electron chi connectivity index (χ1n) is 10.3. The second-order valence-corrected chi connectivity index (χ2v) is 7.86. The highest BCUT2D eigenvalue weighted by Gasteiger charge is 2.12. The average Bonchev–Trinajstić information content (AvgIpc) is 3.17. The number of hydrogen-bond donors (Lipinski definition) is 2. The van der Waals surface area contributed by atoms with Crippen molar-refractivity contribution in [3.8, 4) is 17.2 Å². The maximum Gasteiger partial charge on any atom is 0.257 e. The maximum absolute atomic E-state index is 12.5. The van der Waals surface area contributed by atoms with Crippen LogP contribution in [0.15, 0.2) is 65.1 Å². The predicted octanol–water partition coefficient (Wildman–Crippen LogP) is 5.64. The fraction of sp³-hybridized carbons (Fsp3) is 0.160. The first kappa shape index (κ1) is 21.5. The zero-order valence-corrected chi connectivity index (χ0v) is 18.9. The van der Waals surface area contributed by atoms with Crippen molar-refractivity contribution in [1.82, 2.24) is 10.3 Å². The Bertz CT molecular complexity index is 1290. The fourth-order valence-electron chi connectivity index (χ4n) is 3.46. The van der Waals surface area contributed by atoms with E-state index in [2.05, 4.69) is 21.7 Å². The van der Waals surface area contributed by atoms with Crippen LogP contribution in [0.25, 0.3) is 22.6 Å². The van der Waals surface area contributed by atoms with Crippen LogP contribution in [-0.2, 0) is 0 Å². The molecule has 3 aromatic carbocycles. The smallest absolute Gasteiger partial charge is 0.257 e. The number of thiocarbonyl (C=S) groups is 1. The summed E-state index contributed by atoms with van der Waals surface area (Å²) in [6.45, 7) is 6.51. The standard InChI is InChI=1S/C25H23N3O3S/c1-4-30-20-7-5-6-17(13-20)23(29)28-25(32)26-19-8-9-22-21(14-19)27-24(31-22)18-11-15(2)10-16(3)12-18/h5-14H,4H2,1-3H3,(H2,26,28,29,32). The molecule has 1 heterocycles. The number of carbonyl (C=O) groups is 1. The molecule has 0 radical (unpaired) electrons. The SMILES string of the molecule is CCOc1cccc(C(=O)NC(=S)Nc2ccc3oc(-c4cc(C)cc(C)c4)nc3c2)c1. The summed E-state index contributed by atoms with van der Waals surface area (Å²) in [7, 11) is 0. The highest BCUT2D eigenvalue weighted by molar-refractivity contribution is 7.80. The number of aryl methyl sites for hydroxylation is 2. The monoisotopic (exact) mass is 445 g/mol. The Morgan fingerprint density at radius 1 is 1.06 bits per heavy atom. The summed E-state index contributed by atoms with van der Waals surface area (Å²) in [4.78, 5) is 17.1. The molecule has 1 amide bonds. The topological polar surface area (TPSA) is 76.4 Å². The van der Waals surface area contributed by atoms with E-state index in [4.69, 9.17) is 21.4 Å². The van der Waals surface area contributed by atoms with Crippen LogP contribution in [-0.4, -0.2) is 22.6 Å². The molecule has 4 aromatic rings. The van der Waals surface area contributed by atoms with Crippen LogP contribution >= 0.6 is 12.2 Å². The number of amides is 1. The molecule has 0 spiro atoms. The highest BCUT2D eigenvalue weighted by Crippen LogP contribution is 2.27. The number of carbonyl (C=O) groups excluding carboxylic acids is 1. The lowest BCUT2D eigenvalue weighted by Gasteiger charge is -2.10. The molecule has 0 aliphatic heterocycles. The van der Waals surface area contributed by atoms with Gasteiger partial charge >= 0.3 is 0 Å². The quantitative estimate of drug-likeness (QED) is 0.387. The minimum atomic E-state index is -0.316. The number of fused-ring (bicyclic) bond motifs is 1. The lowest BCUT2D eigenvalue weighted by atomic mass is 10.1. The third-order valence-corrected chi connectivity index (χ3v) is 4.95. The molecule has 32 heavy (non-hydrogen) atoms. The number of aromatic nitrogens is 1. The molecule has 0 saturated carbocycles. The van der Waals surface area contributed by atoms with Crippen LogP contribution in [0, 0.1) is 13.8 Å². The van der Waals surface area contributed by atoms with E-state index < -0.39 is 0 Å². The van der Waals surface area contributed by atoms with Gasteiger partial charge in [-0.25, -0.2) is 4.98 Å². The normalized spacial score (nSPS) is 10.7. The highest BCUT2D eigenvalue weighted by atomic mass is 32.1. The van der Waals surface area contributed by atoms with Crippen LogP contribution in [0.2, 0.25) is 0 Å². The lowest BCUT2D eigenvalue weighted by Crippen LogP contribution is -2.34. The zero-order chi connectivity index (χ0) is 22.7. The molecule has 1 aromatic heterocycles. The summed E-state index contributed by atoms with van der Waals surface area (Å²) in [6.07, 6.45) is 0. The first-order valence-corrected chi connectivity index (χ1v) is 10.7. The minimum absolute atomic E-state index is 0.189. The summed E-state index contributed by atoms with van der Waals surface area (Å²) in [6, 6.07) is 18.6. The zero-order valence-electron chi connectivity index (χ0n) is 18.1. The van der Waals surface area contributed by atoms with Gasteiger partial charge in [0.05, 0.1) is 6.61 Å². The van der Waals surface area contributed by atoms with E-state index in [9.17, 15) is 4.79 Å². The van der Waals surface area contributed by atoms with Crippen LogP contribution in [0.5, 0.6) is 5.75 Å². The van der Waals surface area contributed by atoms with Crippen LogP contribution in [0.3, 0.4) is 0 Å². The van der Waals surface area contributed by atoms with E-state index >= 15 is 0 Å². The van der Waals surface area contributed by atoms with Crippen molar-refractivity contribution in [3.05, 3.63) is 77.4 Å². The molecule has 7 heteroatoms. The van der Waals surface area contributed by atoms with E-state index in [0.29, 0.717) is 40.6 Å². The van der Waals surface area contributed by atoms with E-state index in [1.807, 2.05) is 51.1 Å². The van der Waals surface area contributed by atoms with E-state index in [1.165, 1.54) is 0 Å². The number of hydrogen-bond acceptors (Lipinski definition) is 5. The van der Waals surface area contributed by atoms with Crippen LogP contribution in [0.1, 0.15) is 28.4 Å². The molecule has 0 atom stereocenters. The van der Waals surface area contributed by atoms with Gasteiger partial charge in [0.1, 0.15) is 11.3 Å². The Balaban J connectivity index is 1.47. The molecule has 162 valence electrons. The van der Waals surface area contributed by atoms with Crippen molar-refractivity contribution in [2.24, 2.45) is 0 Å². The van der Waals surface area contributed by atoms with E-state index in [1.54, 1.807) is 24.3 Å². The number of nitrogens with one attached hydrogen (secondary N) is 2. The van der Waals surface area contributed by atoms with Crippen molar-refractivity contribution in [2.75, 3.05) is 11.9 Å². The number of oxazole rings is 1. The molecule has 0 saturated heterocycles. The van der Waals surface area contributed by atoms with Gasteiger partial charge in [0, 0.05) is 16.8 Å². The number of rotatable bonds is 5. The molecule has 6 nitrogen and oxygen atoms in total. The number of anilines is 1. The molecule has 0 fully saturated rings. The Morgan fingerprint density at radius 3 is 2.59 bits per heavy atom. The minimum Gasteiger partial charge on any atom is -0.494 e. The number of nitrogens with zero attached hydrogens (tertiary/aromatic N) is 1. The third kappa shape index (κ3) is 4.95. The number of ether oxygens (including phenoxy) is 1. The molecular weight excluding hydrogens is 422 g/mol. The van der Waals surface area contributed by atoms with Crippen molar-refractivity contribution in [2.45, 2.75) is 20.8 Å². The summed E-state index contributed by atoms with van der Waals surface area (Å²) >= 11 is 5.31. The second-order valence-electron chi connectivity index (χ2n) is 7.45. The molecule has 2 N–H and O–H groups in total. The van der Waals surface area contributed by atoms with Gasteiger partial charge in [-0.05, 0) is 81.5 Å². The largest absolute Gasteiger partial charge is 0.494 e. The van der Waals surface area contributed by atoms with Gasteiger partial charge in [0.2, 0.25) is 5.89 Å². The van der Waals surface area contributed by atoms with Crippen molar-refractivity contribution in [1.29, 1.82) is 0 Å². The molecule has 4 rings (SSSR count). The summed E-state index contributed by atoms with van der Waals surface area (Å²) in [5.74, 6) is 0.882. The van der Waals surface area contributed by atoms with Gasteiger partial charge < -0.3 is 14.5 Å². The molecular formula is C25H23N3O3S. The summed E-state index contributed by atoms with van der Waals surface area (Å²) < 4.78 is 11.4. The lowest BCUT2D eigenvalue weighted by molar-refractivity contribution is 0.0977. The van der Waals surface area contributed by atoms with Crippen molar-refractivity contribution >= 4 is 40.0 Å². The van der Waals surface area contributed by atoms with Gasteiger partial charge in [-0.3, -0.25) is 10.1 Å². The Labute approximate surface area is 191 Å². The summed E-state index contributed by atoms with van der Waals surface area (Å²) in [5.41, 5.74) is 5.77. The molecule has 0 aliphatic carbocycles. The summed E-state index contributed by atoms with van der Waals surface area (Å²) in [5, 5.41) is 5.90. The first-order chi connectivity index (χ1) is 15.4. The Hall–Kier alpha value is -3.71. The fourth-order valence-corrected chi connectivity index (χ4v) is 3.67. The number of benzene rings is 3. The Morgan fingerprint density at radius 2 is 1.84 bits per heavy atom. The van der Waals surface area contributed by atoms with Crippen molar-refractivity contribution in [3.63, 3.8) is 0 Å². The van der Waals surface area contributed by atoms with E-state index in [-0.39, 0.29) is 11.0 Å². The molecule has 0 bridgehead atoms. The van der Waals surface area contributed by atoms with Crippen molar-refractivity contribution < 1.29 is 13.9 Å². The third-order valence-electron chi connectivity index (χ3n) is 4.75. The van der Waals surface area contributed by atoms with Gasteiger partial charge in [-0.2, -0.15) is 0 Å². The Kier molecular flexibility index (Phi) is 6.18. The molecule has 0 unspecified atom stereocenters. The van der Waals surface area contributed by atoms with Crippen LogP contribution < -0.4 is 15.4 Å². The van der Waals surface area contributed by atoms with Crippen LogP contribution in [0.4, 0.5) is 5.69 Å². The van der Waals surface area contributed by atoms with Gasteiger partial charge in [0.15, 0.2) is 10.7 Å². The van der Waals surface area contributed by atoms with Gasteiger partial charge in [-0.15, -0.1) is 0 Å². The average molecular weight is 446 g/mol. The predicted molar refractivity (Wildman–Crippen MR) is 130 cm³/mol. The van der Waals surface area contributed by atoms with Gasteiger partial charge in [-0.1, -0.05) is 23.3 Å². The maximum atomic E-state index is 12.5. The second kappa shape index (κ2) is 9.20.